The molecular weight excluding hydrogens is 420 g/mol. The van der Waals surface area contributed by atoms with Gasteiger partial charge in [0.05, 0.1) is 33.7 Å². The van der Waals surface area contributed by atoms with E-state index in [4.69, 9.17) is 10.1 Å². The van der Waals surface area contributed by atoms with Gasteiger partial charge in [-0.15, -0.1) is 11.3 Å². The minimum Gasteiger partial charge on any atom is -0.348 e. The van der Waals surface area contributed by atoms with Crippen LogP contribution in [0.3, 0.4) is 0 Å². The lowest BCUT2D eigenvalue weighted by Crippen LogP contribution is -2.38. The molecule has 0 saturated carbocycles. The number of primary sulfonamides is 1. The van der Waals surface area contributed by atoms with Gasteiger partial charge < -0.3 is 5.32 Å². The summed E-state index contributed by atoms with van der Waals surface area (Å²) in [7, 11) is -3.73. The number of hydrogen-bond donors (Lipinski definition) is 2. The summed E-state index contributed by atoms with van der Waals surface area (Å²) in [5.41, 5.74) is 1.82. The third-order valence-electron chi connectivity index (χ3n) is 5.39. The Bertz CT molecular complexity index is 1130. The lowest BCUT2D eigenvalue weighted by Gasteiger charge is -2.23. The van der Waals surface area contributed by atoms with Gasteiger partial charge in [0.2, 0.25) is 15.9 Å². The molecule has 3 N–H and O–H groups in total. The van der Waals surface area contributed by atoms with Crippen LogP contribution in [0.25, 0.3) is 10.2 Å². The number of rotatable bonds is 6. The number of amides is 1. The van der Waals surface area contributed by atoms with E-state index in [2.05, 4.69) is 16.3 Å². The smallest absolute Gasteiger partial charge is 0.238 e. The fourth-order valence-electron chi connectivity index (χ4n) is 3.83. The SMILES string of the molecule is C[C@H](NC(=O)CN1CCC[C@H]1c1nc2ccccc2s1)c1ccc(S(N)(=O)=O)cc1. The van der Waals surface area contributed by atoms with Crippen LogP contribution in [0.15, 0.2) is 53.4 Å². The first-order chi connectivity index (χ1) is 14.3. The molecule has 158 valence electrons. The van der Waals surface area contributed by atoms with E-state index in [0.717, 1.165) is 35.5 Å². The molecular formula is C21H24N4O3S2. The molecule has 2 atom stereocenters. The Balaban J connectivity index is 1.40. The second-order valence-corrected chi connectivity index (χ2v) is 10.2. The Kier molecular flexibility index (Phi) is 5.88. The fourth-order valence-corrected chi connectivity index (χ4v) is 5.48. The number of sulfonamides is 1. The Morgan fingerprint density at radius 2 is 2.00 bits per heavy atom. The molecule has 4 rings (SSSR count). The third-order valence-corrected chi connectivity index (χ3v) is 7.46. The van der Waals surface area contributed by atoms with E-state index in [1.54, 1.807) is 23.5 Å². The van der Waals surface area contributed by atoms with Gasteiger partial charge in [-0.25, -0.2) is 18.5 Å². The van der Waals surface area contributed by atoms with Crippen LogP contribution >= 0.6 is 11.3 Å². The van der Waals surface area contributed by atoms with E-state index in [1.807, 2.05) is 25.1 Å². The van der Waals surface area contributed by atoms with E-state index in [9.17, 15) is 13.2 Å². The molecule has 0 bridgehead atoms. The van der Waals surface area contributed by atoms with Crippen molar-refractivity contribution in [2.24, 2.45) is 5.14 Å². The summed E-state index contributed by atoms with van der Waals surface area (Å²) in [5, 5.41) is 9.20. The highest BCUT2D eigenvalue weighted by atomic mass is 32.2. The molecule has 1 saturated heterocycles. The number of benzene rings is 2. The van der Waals surface area contributed by atoms with Gasteiger partial charge in [-0.05, 0) is 56.1 Å². The van der Waals surface area contributed by atoms with Crippen molar-refractivity contribution in [3.8, 4) is 0 Å². The first-order valence-corrected chi connectivity index (χ1v) is 12.2. The van der Waals surface area contributed by atoms with Gasteiger partial charge in [0.15, 0.2) is 0 Å². The van der Waals surface area contributed by atoms with Crippen molar-refractivity contribution in [1.29, 1.82) is 0 Å². The second kappa shape index (κ2) is 8.43. The highest BCUT2D eigenvalue weighted by Crippen LogP contribution is 2.36. The summed E-state index contributed by atoms with van der Waals surface area (Å²) in [6.45, 7) is 3.05. The monoisotopic (exact) mass is 444 g/mol. The lowest BCUT2D eigenvalue weighted by atomic mass is 10.1. The van der Waals surface area contributed by atoms with Crippen LogP contribution in [0.2, 0.25) is 0 Å². The molecule has 7 nitrogen and oxygen atoms in total. The Hall–Kier alpha value is -2.33. The molecule has 1 fully saturated rings. The van der Waals surface area contributed by atoms with Gasteiger partial charge in [0, 0.05) is 0 Å². The number of carbonyl (C=O) groups is 1. The second-order valence-electron chi connectivity index (χ2n) is 7.55. The number of aromatic nitrogens is 1. The fraction of sp³-hybridized carbons (Fsp3) is 0.333. The molecule has 0 unspecified atom stereocenters. The van der Waals surface area contributed by atoms with Crippen molar-refractivity contribution in [3.63, 3.8) is 0 Å². The van der Waals surface area contributed by atoms with Crippen LogP contribution in [0.5, 0.6) is 0 Å². The summed E-state index contributed by atoms with van der Waals surface area (Å²) in [4.78, 5) is 19.7. The average molecular weight is 445 g/mol. The normalized spacial score (nSPS) is 18.5. The Morgan fingerprint density at radius 3 is 2.70 bits per heavy atom. The molecule has 3 aromatic rings. The van der Waals surface area contributed by atoms with Gasteiger partial charge in [0.1, 0.15) is 5.01 Å². The van der Waals surface area contributed by atoms with Crippen molar-refractivity contribution in [2.75, 3.05) is 13.1 Å². The minimum atomic E-state index is -3.73. The van der Waals surface area contributed by atoms with E-state index in [1.165, 1.54) is 16.8 Å². The van der Waals surface area contributed by atoms with Crippen LogP contribution in [0, 0.1) is 0 Å². The van der Waals surface area contributed by atoms with Crippen molar-refractivity contribution in [2.45, 2.75) is 36.7 Å². The van der Waals surface area contributed by atoms with Gasteiger partial charge >= 0.3 is 0 Å². The van der Waals surface area contributed by atoms with Gasteiger partial charge in [-0.3, -0.25) is 9.69 Å². The van der Waals surface area contributed by atoms with Crippen LogP contribution < -0.4 is 10.5 Å². The van der Waals surface area contributed by atoms with Crippen molar-refractivity contribution in [1.82, 2.24) is 15.2 Å². The number of carbonyl (C=O) groups excluding carboxylic acids is 1. The average Bonchev–Trinajstić information content (AvgIpc) is 3.33. The molecule has 0 spiro atoms. The molecule has 1 aliphatic rings. The number of likely N-dealkylation sites (tertiary alicyclic amines) is 1. The summed E-state index contributed by atoms with van der Waals surface area (Å²) in [5.74, 6) is -0.0639. The molecule has 2 heterocycles. The summed E-state index contributed by atoms with van der Waals surface area (Å²) < 4.78 is 23.9. The maximum atomic E-state index is 12.7. The predicted molar refractivity (Wildman–Crippen MR) is 118 cm³/mol. The van der Waals surface area contributed by atoms with E-state index < -0.39 is 10.0 Å². The quantitative estimate of drug-likeness (QED) is 0.608. The molecule has 1 amide bonds. The number of para-hydroxylation sites is 1. The lowest BCUT2D eigenvalue weighted by molar-refractivity contribution is -0.123. The molecule has 9 heteroatoms. The molecule has 0 aliphatic carbocycles. The van der Waals surface area contributed by atoms with E-state index >= 15 is 0 Å². The largest absolute Gasteiger partial charge is 0.348 e. The third kappa shape index (κ3) is 4.54. The van der Waals surface area contributed by atoms with Gasteiger partial charge in [0.25, 0.3) is 0 Å². The minimum absolute atomic E-state index is 0.0560. The van der Waals surface area contributed by atoms with Crippen molar-refractivity contribution in [3.05, 3.63) is 59.1 Å². The number of nitrogens with zero attached hydrogens (tertiary/aromatic N) is 2. The Labute approximate surface area is 180 Å². The van der Waals surface area contributed by atoms with E-state index in [0.29, 0.717) is 6.54 Å². The van der Waals surface area contributed by atoms with E-state index in [-0.39, 0.29) is 22.9 Å². The first kappa shape index (κ1) is 20.9. The zero-order valence-corrected chi connectivity index (χ0v) is 18.2. The van der Waals surface area contributed by atoms with Gasteiger partial charge in [-0.1, -0.05) is 24.3 Å². The zero-order chi connectivity index (χ0) is 21.3. The highest BCUT2D eigenvalue weighted by molar-refractivity contribution is 7.89. The Morgan fingerprint density at radius 1 is 1.27 bits per heavy atom. The molecule has 30 heavy (non-hydrogen) atoms. The molecule has 1 aromatic heterocycles. The topological polar surface area (TPSA) is 105 Å². The van der Waals surface area contributed by atoms with Crippen LogP contribution in [-0.4, -0.2) is 37.3 Å². The number of thiazole rings is 1. The zero-order valence-electron chi connectivity index (χ0n) is 16.6. The maximum Gasteiger partial charge on any atom is 0.238 e. The number of nitrogens with two attached hydrogens (primary N) is 1. The molecule has 1 aliphatic heterocycles. The van der Waals surface area contributed by atoms with Crippen LogP contribution in [-0.2, 0) is 14.8 Å². The molecule has 0 radical (unpaired) electrons. The predicted octanol–water partition coefficient (Wildman–Crippen LogP) is 2.96. The van der Waals surface area contributed by atoms with Gasteiger partial charge in [-0.2, -0.15) is 0 Å². The maximum absolute atomic E-state index is 12.7. The number of fused-ring (bicyclic) bond motifs is 1. The van der Waals surface area contributed by atoms with Crippen LogP contribution in [0.4, 0.5) is 0 Å². The highest BCUT2D eigenvalue weighted by Gasteiger charge is 2.30. The summed E-state index contributed by atoms with van der Waals surface area (Å²) >= 11 is 1.70. The molecule has 2 aromatic carbocycles. The van der Waals surface area contributed by atoms with Crippen LogP contribution in [0.1, 0.15) is 42.4 Å². The first-order valence-electron chi connectivity index (χ1n) is 9.83. The standard InChI is InChI=1S/C21H24N4O3S2/c1-14(15-8-10-16(11-9-15)30(22,27)28)23-20(26)13-25-12-4-6-18(25)21-24-17-5-2-3-7-19(17)29-21/h2-3,5,7-11,14,18H,4,6,12-13H2,1H3,(H,23,26)(H2,22,27,28)/t14-,18-/m0/s1. The summed E-state index contributed by atoms with van der Waals surface area (Å²) in [6.07, 6.45) is 2.04. The van der Waals surface area contributed by atoms with Crippen molar-refractivity contribution < 1.29 is 13.2 Å². The van der Waals surface area contributed by atoms with Crippen molar-refractivity contribution >= 4 is 37.5 Å². The number of hydrogen-bond acceptors (Lipinski definition) is 6. The number of nitrogens with one attached hydrogen (secondary N) is 1. The summed E-state index contributed by atoms with van der Waals surface area (Å²) in [6, 6.07) is 14.3.